The molecule has 0 bridgehead atoms. The average Bonchev–Trinajstić information content (AvgIpc) is 3.23. The van der Waals surface area contributed by atoms with Crippen molar-refractivity contribution in [3.05, 3.63) is 72.1 Å². The first-order chi connectivity index (χ1) is 15.7. The van der Waals surface area contributed by atoms with E-state index in [0.717, 1.165) is 87.1 Å². The average molecular weight is 437 g/mol. The summed E-state index contributed by atoms with van der Waals surface area (Å²) in [6, 6.07) is 17.3. The molecule has 1 fully saturated rings. The zero-order chi connectivity index (χ0) is 22.2. The monoisotopic (exact) mass is 436 g/mol. The molecule has 0 unspecified atom stereocenters. The zero-order valence-electron chi connectivity index (χ0n) is 18.9. The van der Waals surface area contributed by atoms with Gasteiger partial charge in [-0.2, -0.15) is 0 Å². The molecule has 0 aliphatic carbocycles. The van der Waals surface area contributed by atoms with Gasteiger partial charge in [-0.15, -0.1) is 0 Å². The van der Waals surface area contributed by atoms with E-state index in [1.165, 1.54) is 6.07 Å². The third-order valence-electron chi connectivity index (χ3n) is 5.93. The number of benzene rings is 2. The van der Waals surface area contributed by atoms with Crippen molar-refractivity contribution in [2.24, 2.45) is 0 Å². The van der Waals surface area contributed by atoms with Crippen LogP contribution < -0.4 is 10.2 Å². The van der Waals surface area contributed by atoms with Crippen molar-refractivity contribution in [1.29, 1.82) is 0 Å². The van der Waals surface area contributed by atoms with Crippen molar-refractivity contribution in [2.75, 3.05) is 44.2 Å². The summed E-state index contributed by atoms with van der Waals surface area (Å²) >= 11 is 0. The molecule has 6 heteroatoms. The highest BCUT2D eigenvalue weighted by molar-refractivity contribution is 5.61. The van der Waals surface area contributed by atoms with Gasteiger partial charge in [-0.05, 0) is 38.1 Å². The number of rotatable bonds is 10. The van der Waals surface area contributed by atoms with Crippen LogP contribution in [0.3, 0.4) is 0 Å². The SMILES string of the molecule is CCCc1nc(-c2ccccc2)c(CNCCCN2CCN(c3ccccc3F)CC2)o1. The quantitative estimate of drug-likeness (QED) is 0.465. The highest BCUT2D eigenvalue weighted by Gasteiger charge is 2.19. The largest absolute Gasteiger partial charge is 0.444 e. The normalized spacial score (nSPS) is 14.8. The van der Waals surface area contributed by atoms with Gasteiger partial charge in [0.05, 0.1) is 12.2 Å². The van der Waals surface area contributed by atoms with Crippen LogP contribution in [0.25, 0.3) is 11.3 Å². The van der Waals surface area contributed by atoms with Crippen LogP contribution in [0.2, 0.25) is 0 Å². The fourth-order valence-corrected chi connectivity index (χ4v) is 4.21. The lowest BCUT2D eigenvalue weighted by atomic mass is 10.1. The van der Waals surface area contributed by atoms with E-state index in [1.807, 2.05) is 30.3 Å². The lowest BCUT2D eigenvalue weighted by Crippen LogP contribution is -2.47. The maximum atomic E-state index is 14.0. The number of anilines is 1. The lowest BCUT2D eigenvalue weighted by molar-refractivity contribution is 0.253. The Hall–Kier alpha value is -2.70. The van der Waals surface area contributed by atoms with Gasteiger partial charge >= 0.3 is 0 Å². The summed E-state index contributed by atoms with van der Waals surface area (Å²) in [6.07, 6.45) is 2.95. The van der Waals surface area contributed by atoms with Crippen molar-refractivity contribution >= 4 is 5.69 Å². The number of hydrogen-bond donors (Lipinski definition) is 1. The highest BCUT2D eigenvalue weighted by atomic mass is 19.1. The van der Waals surface area contributed by atoms with E-state index in [1.54, 1.807) is 6.07 Å². The van der Waals surface area contributed by atoms with Gasteiger partial charge in [0.15, 0.2) is 5.89 Å². The summed E-state index contributed by atoms with van der Waals surface area (Å²) in [5, 5.41) is 3.53. The Kier molecular flexibility index (Phi) is 7.91. The summed E-state index contributed by atoms with van der Waals surface area (Å²) in [5.74, 6) is 1.60. The Morgan fingerprint density at radius 2 is 1.75 bits per heavy atom. The second-order valence-electron chi connectivity index (χ2n) is 8.31. The van der Waals surface area contributed by atoms with E-state index >= 15 is 0 Å². The van der Waals surface area contributed by atoms with Crippen LogP contribution in [-0.4, -0.2) is 49.2 Å². The molecule has 2 heterocycles. The summed E-state index contributed by atoms with van der Waals surface area (Å²) in [5.41, 5.74) is 2.77. The molecule has 32 heavy (non-hydrogen) atoms. The molecule has 0 atom stereocenters. The van der Waals surface area contributed by atoms with E-state index < -0.39 is 0 Å². The fraction of sp³-hybridized carbons (Fsp3) is 0.423. The predicted octanol–water partition coefficient (Wildman–Crippen LogP) is 4.74. The number of hydrogen-bond acceptors (Lipinski definition) is 5. The first-order valence-corrected chi connectivity index (χ1v) is 11.7. The molecule has 0 saturated carbocycles. The second kappa shape index (κ2) is 11.2. The van der Waals surface area contributed by atoms with Crippen molar-refractivity contribution in [3.8, 4) is 11.3 Å². The van der Waals surface area contributed by atoms with Gasteiger partial charge in [-0.25, -0.2) is 9.37 Å². The van der Waals surface area contributed by atoms with Crippen LogP contribution in [-0.2, 0) is 13.0 Å². The van der Waals surface area contributed by atoms with Gasteiger partial charge in [0.25, 0.3) is 0 Å². The highest BCUT2D eigenvalue weighted by Crippen LogP contribution is 2.24. The van der Waals surface area contributed by atoms with Gasteiger partial charge in [-0.1, -0.05) is 49.4 Å². The molecule has 1 N–H and O–H groups in total. The minimum atomic E-state index is -0.130. The first kappa shape index (κ1) is 22.5. The van der Waals surface area contributed by atoms with Gasteiger partial charge < -0.3 is 14.6 Å². The van der Waals surface area contributed by atoms with Gasteiger partial charge in [0.2, 0.25) is 0 Å². The molecular weight excluding hydrogens is 403 g/mol. The second-order valence-corrected chi connectivity index (χ2v) is 8.31. The maximum Gasteiger partial charge on any atom is 0.195 e. The molecule has 5 nitrogen and oxygen atoms in total. The first-order valence-electron chi connectivity index (χ1n) is 11.7. The number of halogens is 1. The van der Waals surface area contributed by atoms with E-state index in [2.05, 4.69) is 34.2 Å². The number of aromatic nitrogens is 1. The van der Waals surface area contributed by atoms with Crippen LogP contribution >= 0.6 is 0 Å². The number of aryl methyl sites for hydroxylation is 1. The Bertz CT molecular complexity index is 967. The van der Waals surface area contributed by atoms with Crippen molar-refractivity contribution in [2.45, 2.75) is 32.7 Å². The number of oxazole rings is 1. The Morgan fingerprint density at radius 3 is 2.50 bits per heavy atom. The molecule has 2 aromatic carbocycles. The summed E-state index contributed by atoms with van der Waals surface area (Å²) in [7, 11) is 0. The Labute approximate surface area is 190 Å². The molecule has 3 aromatic rings. The van der Waals surface area contributed by atoms with Crippen LogP contribution in [0, 0.1) is 5.82 Å². The smallest absolute Gasteiger partial charge is 0.195 e. The third-order valence-corrected chi connectivity index (χ3v) is 5.93. The number of piperazine rings is 1. The molecule has 1 aliphatic heterocycles. The minimum Gasteiger partial charge on any atom is -0.444 e. The van der Waals surface area contributed by atoms with Gasteiger partial charge in [0, 0.05) is 38.2 Å². The molecular formula is C26H33FN4O. The van der Waals surface area contributed by atoms with Gasteiger partial charge in [-0.3, -0.25) is 4.90 Å². The van der Waals surface area contributed by atoms with E-state index in [0.29, 0.717) is 6.54 Å². The Balaban J connectivity index is 1.21. The molecule has 4 rings (SSSR count). The molecule has 0 amide bonds. The summed E-state index contributed by atoms with van der Waals surface area (Å²) in [6.45, 7) is 8.46. The standard InChI is InChI=1S/C26H33FN4O/c1-2-9-25-29-26(21-10-4-3-5-11-21)24(32-25)20-28-14-8-15-30-16-18-31(19-17-30)23-13-7-6-12-22(23)27/h3-7,10-13,28H,2,8-9,14-20H2,1H3. The van der Waals surface area contributed by atoms with E-state index in [4.69, 9.17) is 9.40 Å². The molecule has 170 valence electrons. The number of para-hydroxylation sites is 1. The molecule has 1 aliphatic rings. The van der Waals surface area contributed by atoms with E-state index in [-0.39, 0.29) is 5.82 Å². The number of nitrogens with one attached hydrogen (secondary N) is 1. The van der Waals surface area contributed by atoms with Crippen molar-refractivity contribution in [3.63, 3.8) is 0 Å². The molecule has 1 aromatic heterocycles. The molecule has 1 saturated heterocycles. The van der Waals surface area contributed by atoms with Crippen LogP contribution in [0.5, 0.6) is 0 Å². The topological polar surface area (TPSA) is 44.5 Å². The van der Waals surface area contributed by atoms with Crippen LogP contribution in [0.4, 0.5) is 10.1 Å². The van der Waals surface area contributed by atoms with Crippen LogP contribution in [0.15, 0.2) is 59.0 Å². The number of nitrogens with zero attached hydrogens (tertiary/aromatic N) is 3. The molecule has 0 spiro atoms. The maximum absolute atomic E-state index is 14.0. The Morgan fingerprint density at radius 1 is 1.00 bits per heavy atom. The predicted molar refractivity (Wildman–Crippen MR) is 127 cm³/mol. The van der Waals surface area contributed by atoms with Crippen molar-refractivity contribution < 1.29 is 8.81 Å². The third kappa shape index (κ3) is 5.75. The molecule has 0 radical (unpaired) electrons. The van der Waals surface area contributed by atoms with Crippen LogP contribution in [0.1, 0.15) is 31.4 Å². The van der Waals surface area contributed by atoms with Gasteiger partial charge in [0.1, 0.15) is 17.3 Å². The zero-order valence-corrected chi connectivity index (χ0v) is 18.9. The van der Waals surface area contributed by atoms with E-state index in [9.17, 15) is 4.39 Å². The minimum absolute atomic E-state index is 0.130. The van der Waals surface area contributed by atoms with Crippen molar-refractivity contribution in [1.82, 2.24) is 15.2 Å². The summed E-state index contributed by atoms with van der Waals surface area (Å²) in [4.78, 5) is 9.34. The fourth-order valence-electron chi connectivity index (χ4n) is 4.21. The lowest BCUT2D eigenvalue weighted by Gasteiger charge is -2.36. The summed E-state index contributed by atoms with van der Waals surface area (Å²) < 4.78 is 20.1.